The molecule has 0 bridgehead atoms. The number of hydrogen-bond donors (Lipinski definition) is 2. The van der Waals surface area contributed by atoms with Gasteiger partial charge in [-0.3, -0.25) is 10.2 Å². The minimum Gasteiger partial charge on any atom is -0.497 e. The summed E-state index contributed by atoms with van der Waals surface area (Å²) in [7, 11) is 1.53. The molecule has 2 rings (SSSR count). The van der Waals surface area contributed by atoms with E-state index in [1.165, 1.54) is 13.2 Å². The Bertz CT molecular complexity index is 695. The standard InChI is InChI=1S/C15H17N3O3/c1-20-12-8-11(15(16)17)9-13(10-12)21-7-6-18-5-3-2-4-14(18)19/h2-5,8-10H,6-7H2,1H3,(H3,16,17). The number of hydrogen-bond acceptors (Lipinski definition) is 4. The molecular weight excluding hydrogens is 270 g/mol. The Morgan fingerprint density at radius 2 is 2.05 bits per heavy atom. The molecule has 6 heteroatoms. The smallest absolute Gasteiger partial charge is 0.250 e. The second-order valence-corrected chi connectivity index (χ2v) is 4.39. The maximum atomic E-state index is 11.5. The van der Waals surface area contributed by atoms with Crippen molar-refractivity contribution in [1.82, 2.24) is 4.57 Å². The molecule has 0 amide bonds. The fraction of sp³-hybridized carbons (Fsp3) is 0.200. The molecule has 0 radical (unpaired) electrons. The van der Waals surface area contributed by atoms with Crippen LogP contribution in [-0.2, 0) is 6.54 Å². The Morgan fingerprint density at radius 1 is 1.29 bits per heavy atom. The summed E-state index contributed by atoms with van der Waals surface area (Å²) in [5.41, 5.74) is 5.93. The highest BCUT2D eigenvalue weighted by Gasteiger charge is 2.05. The summed E-state index contributed by atoms with van der Waals surface area (Å²) in [6.07, 6.45) is 1.71. The van der Waals surface area contributed by atoms with Crippen molar-refractivity contribution in [2.75, 3.05) is 13.7 Å². The second kappa shape index (κ2) is 6.60. The number of nitrogen functional groups attached to an aromatic ring is 1. The Morgan fingerprint density at radius 3 is 2.71 bits per heavy atom. The fourth-order valence-electron chi connectivity index (χ4n) is 1.84. The molecule has 0 spiro atoms. The number of benzene rings is 1. The molecule has 0 atom stereocenters. The minimum atomic E-state index is -0.0730. The molecule has 2 aromatic rings. The summed E-state index contributed by atoms with van der Waals surface area (Å²) >= 11 is 0. The van der Waals surface area contributed by atoms with Crippen molar-refractivity contribution < 1.29 is 9.47 Å². The quantitative estimate of drug-likeness (QED) is 0.617. The van der Waals surface area contributed by atoms with Crippen LogP contribution in [0.1, 0.15) is 5.56 Å². The Hall–Kier alpha value is -2.76. The second-order valence-electron chi connectivity index (χ2n) is 4.39. The van der Waals surface area contributed by atoms with Crippen LogP contribution < -0.4 is 20.8 Å². The van der Waals surface area contributed by atoms with Crippen molar-refractivity contribution in [3.8, 4) is 11.5 Å². The molecule has 21 heavy (non-hydrogen) atoms. The topological polar surface area (TPSA) is 90.3 Å². The van der Waals surface area contributed by atoms with Crippen LogP contribution in [0.4, 0.5) is 0 Å². The number of nitrogens with two attached hydrogens (primary N) is 1. The van der Waals surface area contributed by atoms with E-state index in [0.29, 0.717) is 30.2 Å². The fourth-order valence-corrected chi connectivity index (χ4v) is 1.84. The van der Waals surface area contributed by atoms with E-state index in [2.05, 4.69) is 0 Å². The SMILES string of the molecule is COc1cc(OCCn2ccccc2=O)cc(C(=N)N)c1. The lowest BCUT2D eigenvalue weighted by Gasteiger charge is -2.11. The number of pyridine rings is 1. The predicted octanol–water partition coefficient (Wildman–Crippen LogP) is 1.22. The highest BCUT2D eigenvalue weighted by Crippen LogP contribution is 2.22. The zero-order chi connectivity index (χ0) is 15.2. The number of amidine groups is 1. The summed E-state index contributed by atoms with van der Waals surface area (Å²) in [5, 5.41) is 7.46. The molecule has 0 aliphatic carbocycles. The molecular formula is C15H17N3O3. The first-order valence-corrected chi connectivity index (χ1v) is 6.42. The maximum absolute atomic E-state index is 11.5. The first-order chi connectivity index (χ1) is 10.1. The Balaban J connectivity index is 2.06. The van der Waals surface area contributed by atoms with Gasteiger partial charge in [-0.2, -0.15) is 0 Å². The van der Waals surface area contributed by atoms with E-state index in [-0.39, 0.29) is 11.4 Å². The van der Waals surface area contributed by atoms with E-state index < -0.39 is 0 Å². The van der Waals surface area contributed by atoms with E-state index >= 15 is 0 Å². The molecule has 3 N–H and O–H groups in total. The van der Waals surface area contributed by atoms with Gasteiger partial charge in [0.1, 0.15) is 23.9 Å². The van der Waals surface area contributed by atoms with Gasteiger partial charge in [-0.25, -0.2) is 0 Å². The van der Waals surface area contributed by atoms with Crippen LogP contribution >= 0.6 is 0 Å². The molecule has 1 aromatic heterocycles. The lowest BCUT2D eigenvalue weighted by molar-refractivity contribution is 0.294. The number of nitrogens with one attached hydrogen (secondary N) is 1. The number of methoxy groups -OCH3 is 1. The van der Waals surface area contributed by atoms with Crippen molar-refractivity contribution in [1.29, 1.82) is 5.41 Å². The molecule has 0 saturated heterocycles. The van der Waals surface area contributed by atoms with Crippen LogP contribution in [0.3, 0.4) is 0 Å². The number of rotatable bonds is 6. The number of nitrogens with zero attached hydrogens (tertiary/aromatic N) is 1. The Kier molecular flexibility index (Phi) is 4.61. The van der Waals surface area contributed by atoms with Gasteiger partial charge in [0.2, 0.25) is 0 Å². The predicted molar refractivity (Wildman–Crippen MR) is 80.2 cm³/mol. The van der Waals surface area contributed by atoms with Crippen LogP contribution in [0.15, 0.2) is 47.4 Å². The van der Waals surface area contributed by atoms with Crippen LogP contribution in [0.25, 0.3) is 0 Å². The number of aromatic nitrogens is 1. The normalized spacial score (nSPS) is 10.1. The minimum absolute atomic E-state index is 0.0574. The van der Waals surface area contributed by atoms with Crippen molar-refractivity contribution in [2.45, 2.75) is 6.54 Å². The highest BCUT2D eigenvalue weighted by atomic mass is 16.5. The highest BCUT2D eigenvalue weighted by molar-refractivity contribution is 5.95. The van der Waals surface area contributed by atoms with Gasteiger partial charge >= 0.3 is 0 Å². The van der Waals surface area contributed by atoms with Crippen molar-refractivity contribution in [3.63, 3.8) is 0 Å². The van der Waals surface area contributed by atoms with Crippen molar-refractivity contribution in [3.05, 3.63) is 58.5 Å². The first-order valence-electron chi connectivity index (χ1n) is 6.42. The first kappa shape index (κ1) is 14.6. The molecule has 1 heterocycles. The van der Waals surface area contributed by atoms with Crippen LogP contribution in [0, 0.1) is 5.41 Å². The van der Waals surface area contributed by atoms with E-state index in [1.807, 2.05) is 0 Å². The van der Waals surface area contributed by atoms with Crippen molar-refractivity contribution >= 4 is 5.84 Å². The third-order valence-electron chi connectivity index (χ3n) is 2.93. The molecule has 0 aliphatic rings. The Labute approximate surface area is 122 Å². The summed E-state index contributed by atoms with van der Waals surface area (Å²) in [5.74, 6) is 1.05. The lowest BCUT2D eigenvalue weighted by atomic mass is 10.2. The number of ether oxygens (including phenoxy) is 2. The average molecular weight is 287 g/mol. The zero-order valence-electron chi connectivity index (χ0n) is 11.7. The van der Waals surface area contributed by atoms with Gasteiger partial charge in [-0.1, -0.05) is 6.07 Å². The molecule has 0 unspecified atom stereocenters. The maximum Gasteiger partial charge on any atom is 0.250 e. The van der Waals surface area contributed by atoms with Gasteiger partial charge in [0, 0.05) is 23.9 Å². The lowest BCUT2D eigenvalue weighted by Crippen LogP contribution is -2.21. The van der Waals surface area contributed by atoms with Gasteiger partial charge < -0.3 is 19.8 Å². The average Bonchev–Trinajstić information content (AvgIpc) is 2.49. The molecule has 0 saturated carbocycles. The monoisotopic (exact) mass is 287 g/mol. The van der Waals surface area contributed by atoms with E-state index in [0.717, 1.165) is 0 Å². The molecule has 1 aromatic carbocycles. The van der Waals surface area contributed by atoms with E-state index in [9.17, 15) is 4.79 Å². The third-order valence-corrected chi connectivity index (χ3v) is 2.93. The summed E-state index contributed by atoms with van der Waals surface area (Å²) in [4.78, 5) is 11.5. The molecule has 0 fully saturated rings. The van der Waals surface area contributed by atoms with Crippen LogP contribution in [0.2, 0.25) is 0 Å². The summed E-state index contributed by atoms with van der Waals surface area (Å²) in [6.45, 7) is 0.765. The summed E-state index contributed by atoms with van der Waals surface area (Å²) in [6, 6.07) is 10.0. The summed E-state index contributed by atoms with van der Waals surface area (Å²) < 4.78 is 12.3. The third kappa shape index (κ3) is 3.85. The molecule has 110 valence electrons. The van der Waals surface area contributed by atoms with Gasteiger partial charge in [0.15, 0.2) is 0 Å². The van der Waals surface area contributed by atoms with E-state index in [4.69, 9.17) is 20.6 Å². The van der Waals surface area contributed by atoms with Crippen LogP contribution in [0.5, 0.6) is 11.5 Å². The molecule has 0 aliphatic heterocycles. The van der Waals surface area contributed by atoms with Gasteiger partial charge in [-0.05, 0) is 18.2 Å². The van der Waals surface area contributed by atoms with Crippen LogP contribution in [-0.4, -0.2) is 24.1 Å². The molecule has 6 nitrogen and oxygen atoms in total. The largest absolute Gasteiger partial charge is 0.497 e. The van der Waals surface area contributed by atoms with Gasteiger partial charge in [0.25, 0.3) is 5.56 Å². The van der Waals surface area contributed by atoms with Crippen molar-refractivity contribution in [2.24, 2.45) is 5.73 Å². The van der Waals surface area contributed by atoms with E-state index in [1.54, 1.807) is 41.1 Å². The van der Waals surface area contributed by atoms with Gasteiger partial charge in [-0.15, -0.1) is 0 Å². The van der Waals surface area contributed by atoms with Gasteiger partial charge in [0.05, 0.1) is 13.7 Å². The zero-order valence-corrected chi connectivity index (χ0v) is 11.7.